The Labute approximate surface area is 112 Å². The highest BCUT2D eigenvalue weighted by Crippen LogP contribution is 2.25. The van der Waals surface area contributed by atoms with Gasteiger partial charge < -0.3 is 9.88 Å². The van der Waals surface area contributed by atoms with Gasteiger partial charge in [0.2, 0.25) is 0 Å². The van der Waals surface area contributed by atoms with E-state index in [1.807, 2.05) is 0 Å². The van der Waals surface area contributed by atoms with Crippen LogP contribution in [0.1, 0.15) is 35.8 Å². The Bertz CT molecular complexity index is 603. The predicted molar refractivity (Wildman–Crippen MR) is 74.9 cm³/mol. The summed E-state index contributed by atoms with van der Waals surface area (Å²) in [5, 5.41) is 0.658. The van der Waals surface area contributed by atoms with Crippen LogP contribution in [0.15, 0.2) is 18.2 Å². The highest BCUT2D eigenvalue weighted by molar-refractivity contribution is 6.08. The number of nitrogens with zero attached hydrogens (tertiary/aromatic N) is 1. The van der Waals surface area contributed by atoms with Crippen molar-refractivity contribution in [3.05, 3.63) is 35.3 Å². The number of para-hydroxylation sites is 1. The summed E-state index contributed by atoms with van der Waals surface area (Å²) >= 11 is 0. The topological polar surface area (TPSA) is 36.1 Å². The number of hydrogen-bond donors (Lipinski definition) is 1. The molecule has 0 radical (unpaired) electrons. The van der Waals surface area contributed by atoms with Crippen molar-refractivity contribution in [1.82, 2.24) is 9.88 Å². The average molecular weight is 262 g/mol. The first-order valence-corrected chi connectivity index (χ1v) is 6.58. The van der Waals surface area contributed by atoms with Crippen LogP contribution in [0.5, 0.6) is 0 Å². The maximum Gasteiger partial charge on any atom is 0.256 e. The fourth-order valence-corrected chi connectivity index (χ4v) is 2.27. The van der Waals surface area contributed by atoms with Crippen LogP contribution in [0.3, 0.4) is 0 Å². The number of fused-ring (bicyclic) bond motifs is 1. The Morgan fingerprint density at radius 2 is 2.16 bits per heavy atom. The van der Waals surface area contributed by atoms with Gasteiger partial charge in [0.15, 0.2) is 0 Å². The lowest BCUT2D eigenvalue weighted by Crippen LogP contribution is -2.28. The first-order valence-electron chi connectivity index (χ1n) is 6.58. The monoisotopic (exact) mass is 262 g/mol. The molecule has 1 amide bonds. The number of aryl methyl sites for hydroxylation is 1. The summed E-state index contributed by atoms with van der Waals surface area (Å²) in [5.41, 5.74) is 1.70. The third-order valence-electron chi connectivity index (χ3n) is 3.38. The number of benzene rings is 1. The van der Waals surface area contributed by atoms with Crippen molar-refractivity contribution in [3.8, 4) is 0 Å². The van der Waals surface area contributed by atoms with Crippen LogP contribution >= 0.6 is 0 Å². The summed E-state index contributed by atoms with van der Waals surface area (Å²) in [5.74, 6) is -0.376. The molecule has 0 aliphatic rings. The number of unbranched alkanes of at least 4 members (excludes halogenated alkanes) is 1. The molecule has 2 rings (SSSR count). The van der Waals surface area contributed by atoms with Crippen molar-refractivity contribution in [2.45, 2.75) is 26.7 Å². The smallest absolute Gasteiger partial charge is 0.256 e. The minimum absolute atomic E-state index is 0.0530. The molecule has 2 aromatic rings. The minimum atomic E-state index is -0.323. The maximum absolute atomic E-state index is 13.7. The largest absolute Gasteiger partial charge is 0.356 e. The zero-order chi connectivity index (χ0) is 14.0. The zero-order valence-electron chi connectivity index (χ0n) is 11.6. The molecule has 1 aromatic heterocycles. The number of aromatic nitrogens is 1. The van der Waals surface area contributed by atoms with E-state index in [2.05, 4.69) is 11.9 Å². The summed E-state index contributed by atoms with van der Waals surface area (Å²) in [4.78, 5) is 17.1. The molecule has 0 atom stereocenters. The van der Waals surface area contributed by atoms with Gasteiger partial charge in [0, 0.05) is 24.7 Å². The molecule has 102 valence electrons. The molecule has 0 bridgehead atoms. The third kappa shape index (κ3) is 2.48. The molecule has 0 saturated heterocycles. The molecular weight excluding hydrogens is 243 g/mol. The predicted octanol–water partition coefficient (Wildman–Crippen LogP) is 3.49. The van der Waals surface area contributed by atoms with E-state index in [-0.39, 0.29) is 11.7 Å². The second-order valence-corrected chi connectivity index (χ2v) is 4.87. The van der Waals surface area contributed by atoms with E-state index in [9.17, 15) is 9.18 Å². The van der Waals surface area contributed by atoms with Crippen LogP contribution in [0.2, 0.25) is 0 Å². The Morgan fingerprint density at radius 3 is 2.84 bits per heavy atom. The first kappa shape index (κ1) is 13.6. The molecular formula is C15H19FN2O. The molecule has 0 aliphatic heterocycles. The van der Waals surface area contributed by atoms with Crippen molar-refractivity contribution in [3.63, 3.8) is 0 Å². The van der Waals surface area contributed by atoms with Crippen molar-refractivity contribution in [2.24, 2.45) is 0 Å². The second kappa shape index (κ2) is 5.43. The van der Waals surface area contributed by atoms with Gasteiger partial charge >= 0.3 is 0 Å². The molecule has 4 heteroatoms. The zero-order valence-corrected chi connectivity index (χ0v) is 11.6. The van der Waals surface area contributed by atoms with Gasteiger partial charge in [-0.25, -0.2) is 4.39 Å². The number of carbonyl (C=O) groups is 1. The van der Waals surface area contributed by atoms with Gasteiger partial charge in [-0.1, -0.05) is 25.5 Å². The number of halogens is 1. The van der Waals surface area contributed by atoms with E-state index in [0.717, 1.165) is 19.4 Å². The van der Waals surface area contributed by atoms with Gasteiger partial charge in [-0.2, -0.15) is 0 Å². The van der Waals surface area contributed by atoms with Crippen LogP contribution in [0.25, 0.3) is 10.9 Å². The van der Waals surface area contributed by atoms with Gasteiger partial charge in [-0.05, 0) is 19.4 Å². The van der Waals surface area contributed by atoms with Crippen molar-refractivity contribution >= 4 is 16.8 Å². The normalized spacial score (nSPS) is 10.9. The van der Waals surface area contributed by atoms with Crippen molar-refractivity contribution in [1.29, 1.82) is 0 Å². The fraction of sp³-hybridized carbons (Fsp3) is 0.400. The molecule has 19 heavy (non-hydrogen) atoms. The van der Waals surface area contributed by atoms with E-state index < -0.39 is 0 Å². The summed E-state index contributed by atoms with van der Waals surface area (Å²) in [6.45, 7) is 4.61. The number of nitrogens with one attached hydrogen (secondary N) is 1. The molecule has 1 N–H and O–H groups in total. The number of amides is 1. The highest BCUT2D eigenvalue weighted by Gasteiger charge is 2.20. The average Bonchev–Trinajstić information content (AvgIpc) is 2.73. The summed E-state index contributed by atoms with van der Waals surface area (Å²) in [7, 11) is 1.79. The molecule has 0 spiro atoms. The maximum atomic E-state index is 13.7. The van der Waals surface area contributed by atoms with Gasteiger partial charge in [-0.15, -0.1) is 0 Å². The van der Waals surface area contributed by atoms with Crippen LogP contribution in [-0.4, -0.2) is 29.4 Å². The van der Waals surface area contributed by atoms with Gasteiger partial charge in [0.1, 0.15) is 5.82 Å². The standard InChI is InChI=1S/C15H19FN2O/c1-4-5-9-18(3)15(19)13-10(2)17-14-11(13)7-6-8-12(14)16/h6-8,17H,4-5,9H2,1-3H3. The summed E-state index contributed by atoms with van der Waals surface area (Å²) < 4.78 is 13.7. The SMILES string of the molecule is CCCCN(C)C(=O)c1c(C)[nH]c2c(F)cccc12. The molecule has 3 nitrogen and oxygen atoms in total. The molecule has 1 aromatic carbocycles. The lowest BCUT2D eigenvalue weighted by molar-refractivity contribution is 0.0794. The first-order chi connectivity index (χ1) is 9.06. The Balaban J connectivity index is 2.42. The Kier molecular flexibility index (Phi) is 3.88. The lowest BCUT2D eigenvalue weighted by Gasteiger charge is -2.16. The van der Waals surface area contributed by atoms with Gasteiger partial charge in [0.25, 0.3) is 5.91 Å². The number of carbonyl (C=O) groups excluding carboxylic acids is 1. The molecule has 0 fully saturated rings. The summed E-state index contributed by atoms with van der Waals surface area (Å²) in [6, 6.07) is 4.81. The molecule has 0 saturated carbocycles. The number of hydrogen-bond acceptors (Lipinski definition) is 1. The molecule has 0 unspecified atom stereocenters. The number of rotatable bonds is 4. The van der Waals surface area contributed by atoms with Gasteiger partial charge in [-0.3, -0.25) is 4.79 Å². The van der Waals surface area contributed by atoms with Gasteiger partial charge in [0.05, 0.1) is 11.1 Å². The van der Waals surface area contributed by atoms with Crippen molar-refractivity contribution in [2.75, 3.05) is 13.6 Å². The number of aromatic amines is 1. The lowest BCUT2D eigenvalue weighted by atomic mass is 10.1. The van der Waals surface area contributed by atoms with E-state index >= 15 is 0 Å². The van der Waals surface area contributed by atoms with E-state index in [1.54, 1.807) is 31.0 Å². The highest BCUT2D eigenvalue weighted by atomic mass is 19.1. The quantitative estimate of drug-likeness (QED) is 0.899. The van der Waals surface area contributed by atoms with Crippen molar-refractivity contribution < 1.29 is 9.18 Å². The molecule has 0 aliphatic carbocycles. The second-order valence-electron chi connectivity index (χ2n) is 4.87. The van der Waals surface area contributed by atoms with Crippen LogP contribution in [-0.2, 0) is 0 Å². The Hall–Kier alpha value is -1.84. The summed E-state index contributed by atoms with van der Waals surface area (Å²) in [6.07, 6.45) is 2.01. The number of H-pyrrole nitrogens is 1. The van der Waals surface area contributed by atoms with Crippen LogP contribution < -0.4 is 0 Å². The fourth-order valence-electron chi connectivity index (χ4n) is 2.27. The van der Waals surface area contributed by atoms with Crippen LogP contribution in [0, 0.1) is 12.7 Å². The Morgan fingerprint density at radius 1 is 1.42 bits per heavy atom. The third-order valence-corrected chi connectivity index (χ3v) is 3.38. The van der Waals surface area contributed by atoms with E-state index in [0.29, 0.717) is 22.2 Å². The minimum Gasteiger partial charge on any atom is -0.356 e. The molecule has 1 heterocycles. The van der Waals surface area contributed by atoms with Crippen LogP contribution in [0.4, 0.5) is 4.39 Å². The van der Waals surface area contributed by atoms with E-state index in [4.69, 9.17) is 0 Å². The van der Waals surface area contributed by atoms with E-state index in [1.165, 1.54) is 6.07 Å².